The Morgan fingerprint density at radius 1 is 1.43 bits per heavy atom. The molecule has 0 saturated heterocycles. The zero-order valence-electron chi connectivity index (χ0n) is 7.85. The van der Waals surface area contributed by atoms with Crippen molar-refractivity contribution in [3.05, 3.63) is 33.7 Å². The second-order valence-corrected chi connectivity index (χ2v) is 3.01. The first-order valence-electron chi connectivity index (χ1n) is 4.13. The number of halogens is 3. The fraction of sp³-hybridized carbons (Fsp3) is 0.444. The van der Waals surface area contributed by atoms with Gasteiger partial charge in [-0.3, -0.25) is 4.79 Å². The highest BCUT2D eigenvalue weighted by molar-refractivity contribution is 5.26. The lowest BCUT2D eigenvalue weighted by atomic mass is 10.1. The lowest BCUT2D eigenvalue weighted by molar-refractivity contribution is -0.138. The van der Waals surface area contributed by atoms with Crippen molar-refractivity contribution in [3.63, 3.8) is 0 Å². The van der Waals surface area contributed by atoms with Gasteiger partial charge in [-0.05, 0) is 12.0 Å². The summed E-state index contributed by atoms with van der Waals surface area (Å²) in [5, 5.41) is 0. The van der Waals surface area contributed by atoms with Crippen LogP contribution < -0.4 is 5.56 Å². The van der Waals surface area contributed by atoms with E-state index in [1.807, 2.05) is 0 Å². The molecular weight excluding hydrogens is 195 g/mol. The van der Waals surface area contributed by atoms with E-state index in [9.17, 15) is 18.0 Å². The molecule has 0 aliphatic heterocycles. The predicted octanol–water partition coefficient (Wildman–Crippen LogP) is 1.97. The van der Waals surface area contributed by atoms with Crippen molar-refractivity contribution in [2.45, 2.75) is 19.5 Å². The minimum Gasteiger partial charge on any atom is -0.318 e. The Hall–Kier alpha value is -1.26. The topological polar surface area (TPSA) is 22.0 Å². The first-order valence-corrected chi connectivity index (χ1v) is 4.13. The molecule has 5 heteroatoms. The summed E-state index contributed by atoms with van der Waals surface area (Å²) in [6.07, 6.45) is -2.97. The van der Waals surface area contributed by atoms with E-state index in [0.29, 0.717) is 6.07 Å². The molecule has 1 aromatic heterocycles. The van der Waals surface area contributed by atoms with Crippen molar-refractivity contribution in [1.29, 1.82) is 0 Å². The summed E-state index contributed by atoms with van der Waals surface area (Å²) in [7, 11) is 1.43. The summed E-state index contributed by atoms with van der Waals surface area (Å²) in [5.41, 5.74) is -1.34. The van der Waals surface area contributed by atoms with Crippen LogP contribution >= 0.6 is 0 Å². The molecule has 0 bridgehead atoms. The quantitative estimate of drug-likeness (QED) is 0.687. The molecule has 2 nitrogen and oxygen atoms in total. The van der Waals surface area contributed by atoms with Gasteiger partial charge in [0.25, 0.3) is 5.56 Å². The Morgan fingerprint density at radius 2 is 2.00 bits per heavy atom. The highest BCUT2D eigenvalue weighted by Gasteiger charge is 2.33. The molecule has 0 N–H and O–H groups in total. The zero-order chi connectivity index (χ0) is 10.9. The molecule has 1 rings (SSSR count). The standard InChI is InChI=1S/C9H10F3NO/c1-3-6-5-13(2)8(14)4-7(6)9(10,11)12/h4-5H,3H2,1-2H3. The van der Waals surface area contributed by atoms with Crippen LogP contribution in [0, 0.1) is 0 Å². The molecule has 1 aromatic rings. The molecule has 0 aliphatic rings. The zero-order valence-corrected chi connectivity index (χ0v) is 7.85. The number of rotatable bonds is 1. The fourth-order valence-electron chi connectivity index (χ4n) is 1.23. The fourth-order valence-corrected chi connectivity index (χ4v) is 1.23. The van der Waals surface area contributed by atoms with Crippen molar-refractivity contribution in [2.24, 2.45) is 7.05 Å². The van der Waals surface area contributed by atoms with Gasteiger partial charge in [0, 0.05) is 19.3 Å². The van der Waals surface area contributed by atoms with Crippen LogP contribution in [0.25, 0.3) is 0 Å². The van der Waals surface area contributed by atoms with E-state index in [2.05, 4.69) is 0 Å². The summed E-state index contributed by atoms with van der Waals surface area (Å²) in [6.45, 7) is 1.62. The maximum Gasteiger partial charge on any atom is 0.416 e. The molecule has 0 aliphatic carbocycles. The van der Waals surface area contributed by atoms with Crippen molar-refractivity contribution in [3.8, 4) is 0 Å². The van der Waals surface area contributed by atoms with Gasteiger partial charge in [0.15, 0.2) is 0 Å². The number of nitrogens with zero attached hydrogens (tertiary/aromatic N) is 1. The van der Waals surface area contributed by atoms with Crippen LogP contribution in [-0.2, 0) is 19.6 Å². The van der Waals surface area contributed by atoms with Crippen molar-refractivity contribution >= 4 is 0 Å². The van der Waals surface area contributed by atoms with Crippen LogP contribution in [0.3, 0.4) is 0 Å². The van der Waals surface area contributed by atoms with E-state index < -0.39 is 17.3 Å². The molecule has 0 amide bonds. The molecule has 1 heterocycles. The Bertz CT molecular complexity index is 392. The molecular formula is C9H10F3NO. The average molecular weight is 205 g/mol. The Balaban J connectivity index is 3.43. The van der Waals surface area contributed by atoms with E-state index in [1.54, 1.807) is 6.92 Å². The summed E-state index contributed by atoms with van der Waals surface area (Å²) in [5.74, 6) is 0. The summed E-state index contributed by atoms with van der Waals surface area (Å²) in [6, 6.07) is 0.638. The largest absolute Gasteiger partial charge is 0.416 e. The summed E-state index contributed by atoms with van der Waals surface area (Å²) >= 11 is 0. The van der Waals surface area contributed by atoms with Crippen LogP contribution in [0.2, 0.25) is 0 Å². The van der Waals surface area contributed by atoms with Crippen LogP contribution in [0.4, 0.5) is 13.2 Å². The van der Waals surface area contributed by atoms with Gasteiger partial charge in [0.2, 0.25) is 0 Å². The number of pyridine rings is 1. The van der Waals surface area contributed by atoms with Gasteiger partial charge in [-0.15, -0.1) is 0 Å². The smallest absolute Gasteiger partial charge is 0.318 e. The minimum absolute atomic E-state index is 0.139. The summed E-state index contributed by atoms with van der Waals surface area (Å²) in [4.78, 5) is 11.0. The van der Waals surface area contributed by atoms with Gasteiger partial charge in [0.1, 0.15) is 0 Å². The van der Waals surface area contributed by atoms with Gasteiger partial charge in [-0.1, -0.05) is 6.92 Å². The third-order valence-corrected chi connectivity index (χ3v) is 2.00. The maximum atomic E-state index is 12.4. The van der Waals surface area contributed by atoms with E-state index in [1.165, 1.54) is 13.2 Å². The van der Waals surface area contributed by atoms with Gasteiger partial charge in [-0.2, -0.15) is 13.2 Å². The molecule has 14 heavy (non-hydrogen) atoms. The van der Waals surface area contributed by atoms with Gasteiger partial charge >= 0.3 is 6.18 Å². The molecule has 0 unspecified atom stereocenters. The molecule has 0 atom stereocenters. The number of hydrogen-bond donors (Lipinski definition) is 0. The maximum absolute atomic E-state index is 12.4. The average Bonchev–Trinajstić information content (AvgIpc) is 2.07. The van der Waals surface area contributed by atoms with Gasteiger partial charge < -0.3 is 4.57 Å². The van der Waals surface area contributed by atoms with Crippen LogP contribution in [-0.4, -0.2) is 4.57 Å². The molecule has 0 radical (unpaired) electrons. The van der Waals surface area contributed by atoms with E-state index in [4.69, 9.17) is 0 Å². The lowest BCUT2D eigenvalue weighted by Gasteiger charge is -2.12. The monoisotopic (exact) mass is 205 g/mol. The number of alkyl halides is 3. The van der Waals surface area contributed by atoms with Crippen LogP contribution in [0.15, 0.2) is 17.1 Å². The van der Waals surface area contributed by atoms with E-state index in [-0.39, 0.29) is 12.0 Å². The second-order valence-electron chi connectivity index (χ2n) is 3.01. The summed E-state index contributed by atoms with van der Waals surface area (Å²) < 4.78 is 38.3. The molecule has 0 aromatic carbocycles. The van der Waals surface area contributed by atoms with E-state index in [0.717, 1.165) is 4.57 Å². The highest BCUT2D eigenvalue weighted by atomic mass is 19.4. The van der Waals surface area contributed by atoms with Gasteiger partial charge in [-0.25, -0.2) is 0 Å². The second kappa shape index (κ2) is 3.48. The normalized spacial score (nSPS) is 11.8. The third-order valence-electron chi connectivity index (χ3n) is 2.00. The Labute approximate surface area is 79.0 Å². The van der Waals surface area contributed by atoms with Gasteiger partial charge in [0.05, 0.1) is 5.56 Å². The Kier molecular flexibility index (Phi) is 2.69. The molecule has 0 fully saturated rings. The predicted molar refractivity (Wildman–Crippen MR) is 46.1 cm³/mol. The van der Waals surface area contributed by atoms with Crippen LogP contribution in [0.1, 0.15) is 18.1 Å². The number of hydrogen-bond acceptors (Lipinski definition) is 1. The van der Waals surface area contributed by atoms with Crippen molar-refractivity contribution < 1.29 is 13.2 Å². The third kappa shape index (κ3) is 1.97. The lowest BCUT2D eigenvalue weighted by Crippen LogP contribution is -2.21. The SMILES string of the molecule is CCc1cn(C)c(=O)cc1C(F)(F)F. The first-order chi connectivity index (χ1) is 6.36. The van der Waals surface area contributed by atoms with E-state index >= 15 is 0 Å². The molecule has 78 valence electrons. The van der Waals surface area contributed by atoms with Crippen LogP contribution in [0.5, 0.6) is 0 Å². The van der Waals surface area contributed by atoms with Crippen molar-refractivity contribution in [1.82, 2.24) is 4.57 Å². The highest BCUT2D eigenvalue weighted by Crippen LogP contribution is 2.30. The Morgan fingerprint density at radius 3 is 2.43 bits per heavy atom. The number of aromatic nitrogens is 1. The minimum atomic E-state index is -4.45. The molecule has 0 saturated carbocycles. The number of aryl methyl sites for hydroxylation is 2. The first kappa shape index (κ1) is 10.8. The van der Waals surface area contributed by atoms with Crippen molar-refractivity contribution in [2.75, 3.05) is 0 Å². The molecule has 0 spiro atoms.